The van der Waals surface area contributed by atoms with Crippen molar-refractivity contribution in [2.75, 3.05) is 10.6 Å². The average Bonchev–Trinajstić information content (AvgIpc) is 3.29. The van der Waals surface area contributed by atoms with Gasteiger partial charge in [-0.15, -0.1) is 5.10 Å². The van der Waals surface area contributed by atoms with Crippen molar-refractivity contribution < 1.29 is 19.1 Å². The molecule has 1 fully saturated rings. The number of hydrogen-bond acceptors (Lipinski definition) is 6. The average molecular weight is 449 g/mol. The van der Waals surface area contributed by atoms with Gasteiger partial charge in [-0.3, -0.25) is 9.59 Å². The fourth-order valence-corrected chi connectivity index (χ4v) is 4.30. The topological polar surface area (TPSA) is 117 Å². The second-order valence-corrected chi connectivity index (χ2v) is 8.72. The highest BCUT2D eigenvalue weighted by Gasteiger charge is 2.29. The summed E-state index contributed by atoms with van der Waals surface area (Å²) >= 11 is 0. The van der Waals surface area contributed by atoms with Gasteiger partial charge in [0.1, 0.15) is 0 Å². The molecule has 0 aliphatic heterocycles. The number of carbonyl (C=O) groups is 2. The summed E-state index contributed by atoms with van der Waals surface area (Å²) in [6.45, 7) is 3.80. The Morgan fingerprint density at radius 1 is 0.970 bits per heavy atom. The standard InChI is InChI=1S/C25H28N4O4/c1-15-3-11-21(12-4-15)27-25-29-28-23(33-25)22(30)26-20-13-9-19(10-14-20)18-7-5-17(6-8-18)16(2)24(31)32/h3-4,9-14,16-18H,5-8H2,1-2H3,(H,26,30)(H,27,29)(H,31,32). The number of benzene rings is 2. The number of aromatic nitrogens is 2. The van der Waals surface area contributed by atoms with Crippen LogP contribution in [0.5, 0.6) is 0 Å². The molecule has 0 radical (unpaired) electrons. The molecule has 1 amide bonds. The molecule has 3 N–H and O–H groups in total. The van der Waals surface area contributed by atoms with Gasteiger partial charge in [-0.25, -0.2) is 0 Å². The normalized spacial score (nSPS) is 19.0. The van der Waals surface area contributed by atoms with Crippen LogP contribution in [-0.2, 0) is 4.79 Å². The smallest absolute Gasteiger partial charge is 0.320 e. The molecule has 0 spiro atoms. The lowest BCUT2D eigenvalue weighted by atomic mass is 9.74. The number of aliphatic carboxylic acids is 1. The zero-order valence-corrected chi connectivity index (χ0v) is 18.7. The lowest BCUT2D eigenvalue weighted by Gasteiger charge is -2.31. The number of hydrogen-bond donors (Lipinski definition) is 3. The van der Waals surface area contributed by atoms with Crippen LogP contribution in [0.1, 0.15) is 60.3 Å². The van der Waals surface area contributed by atoms with E-state index in [2.05, 4.69) is 20.8 Å². The molecule has 3 aromatic rings. The van der Waals surface area contributed by atoms with Gasteiger partial charge < -0.3 is 20.2 Å². The minimum absolute atomic E-state index is 0.125. The molecule has 2 aromatic carbocycles. The molecule has 1 saturated carbocycles. The number of nitrogens with one attached hydrogen (secondary N) is 2. The Morgan fingerprint density at radius 2 is 1.61 bits per heavy atom. The van der Waals surface area contributed by atoms with E-state index in [1.54, 1.807) is 6.92 Å². The van der Waals surface area contributed by atoms with Gasteiger partial charge in [-0.2, -0.15) is 0 Å². The van der Waals surface area contributed by atoms with Gasteiger partial charge in [0.2, 0.25) is 0 Å². The molecule has 1 atom stereocenters. The molecule has 1 aliphatic rings. The summed E-state index contributed by atoms with van der Waals surface area (Å²) in [5.41, 5.74) is 3.77. The van der Waals surface area contributed by atoms with Gasteiger partial charge in [0.25, 0.3) is 0 Å². The highest BCUT2D eigenvalue weighted by molar-refractivity contribution is 6.00. The van der Waals surface area contributed by atoms with Crippen molar-refractivity contribution in [3.8, 4) is 0 Å². The number of anilines is 3. The second kappa shape index (κ2) is 9.85. The predicted octanol–water partition coefficient (Wildman–Crippen LogP) is 5.37. The lowest BCUT2D eigenvalue weighted by Crippen LogP contribution is -2.24. The van der Waals surface area contributed by atoms with Crippen LogP contribution in [0.15, 0.2) is 52.9 Å². The zero-order chi connectivity index (χ0) is 23.4. The van der Waals surface area contributed by atoms with E-state index < -0.39 is 11.9 Å². The fourth-order valence-electron chi connectivity index (χ4n) is 4.30. The maximum atomic E-state index is 12.5. The molecule has 172 valence electrons. The Morgan fingerprint density at radius 3 is 2.24 bits per heavy atom. The second-order valence-electron chi connectivity index (χ2n) is 8.72. The summed E-state index contributed by atoms with van der Waals surface area (Å²) in [7, 11) is 0. The fraction of sp³-hybridized carbons (Fsp3) is 0.360. The third-order valence-corrected chi connectivity index (χ3v) is 6.43. The van der Waals surface area contributed by atoms with Crippen molar-refractivity contribution in [2.24, 2.45) is 11.8 Å². The monoisotopic (exact) mass is 448 g/mol. The summed E-state index contributed by atoms with van der Waals surface area (Å²) in [6.07, 6.45) is 3.80. The van der Waals surface area contributed by atoms with Gasteiger partial charge in [0.05, 0.1) is 5.92 Å². The van der Waals surface area contributed by atoms with E-state index in [-0.39, 0.29) is 23.7 Å². The molecular weight excluding hydrogens is 420 g/mol. The summed E-state index contributed by atoms with van der Waals surface area (Å²) in [5, 5.41) is 22.7. The van der Waals surface area contributed by atoms with E-state index in [1.165, 1.54) is 5.56 Å². The molecule has 1 unspecified atom stereocenters. The van der Waals surface area contributed by atoms with Gasteiger partial charge >= 0.3 is 23.8 Å². The first-order valence-electron chi connectivity index (χ1n) is 11.2. The van der Waals surface area contributed by atoms with Crippen LogP contribution in [0.3, 0.4) is 0 Å². The first-order chi connectivity index (χ1) is 15.9. The Hall–Kier alpha value is -3.68. The lowest BCUT2D eigenvalue weighted by molar-refractivity contribution is -0.143. The van der Waals surface area contributed by atoms with Gasteiger partial charge in [0, 0.05) is 11.4 Å². The van der Waals surface area contributed by atoms with Crippen LogP contribution in [0.25, 0.3) is 0 Å². The van der Waals surface area contributed by atoms with Crippen molar-refractivity contribution in [3.63, 3.8) is 0 Å². The van der Waals surface area contributed by atoms with Crippen LogP contribution >= 0.6 is 0 Å². The molecule has 1 aliphatic carbocycles. The molecule has 0 saturated heterocycles. The van der Waals surface area contributed by atoms with Crippen LogP contribution < -0.4 is 10.6 Å². The quantitative estimate of drug-likeness (QED) is 0.445. The van der Waals surface area contributed by atoms with Crippen LogP contribution in [-0.4, -0.2) is 27.2 Å². The highest BCUT2D eigenvalue weighted by atomic mass is 16.4. The van der Waals surface area contributed by atoms with Crippen molar-refractivity contribution in [1.82, 2.24) is 10.2 Å². The Labute approximate surface area is 192 Å². The molecule has 4 rings (SSSR count). The molecule has 8 heteroatoms. The van der Waals surface area contributed by atoms with Crippen molar-refractivity contribution in [1.29, 1.82) is 0 Å². The van der Waals surface area contributed by atoms with E-state index >= 15 is 0 Å². The Bertz CT molecular complexity index is 1100. The first-order valence-corrected chi connectivity index (χ1v) is 11.2. The van der Waals surface area contributed by atoms with Crippen LogP contribution in [0.2, 0.25) is 0 Å². The largest absolute Gasteiger partial charge is 0.481 e. The molecule has 1 aromatic heterocycles. The zero-order valence-electron chi connectivity index (χ0n) is 18.7. The van der Waals surface area contributed by atoms with E-state index in [4.69, 9.17) is 4.42 Å². The van der Waals surface area contributed by atoms with E-state index in [9.17, 15) is 14.7 Å². The van der Waals surface area contributed by atoms with Crippen LogP contribution in [0, 0.1) is 18.8 Å². The Kier molecular flexibility index (Phi) is 6.72. The number of rotatable bonds is 7. The number of aryl methyl sites for hydroxylation is 1. The molecule has 0 bridgehead atoms. The minimum Gasteiger partial charge on any atom is -0.481 e. The summed E-state index contributed by atoms with van der Waals surface area (Å²) in [6, 6.07) is 15.6. The van der Waals surface area contributed by atoms with Gasteiger partial charge in [0.15, 0.2) is 0 Å². The predicted molar refractivity (Wildman–Crippen MR) is 125 cm³/mol. The summed E-state index contributed by atoms with van der Waals surface area (Å²) < 4.78 is 5.43. The van der Waals surface area contributed by atoms with Crippen LogP contribution in [0.4, 0.5) is 17.4 Å². The third kappa shape index (κ3) is 5.58. The van der Waals surface area contributed by atoms with Crippen molar-refractivity contribution >= 4 is 29.3 Å². The Balaban J connectivity index is 1.31. The number of carboxylic acids is 1. The molecule has 8 nitrogen and oxygen atoms in total. The van der Waals surface area contributed by atoms with E-state index in [1.807, 2.05) is 55.5 Å². The number of carboxylic acid groups (broad SMARTS) is 1. The molecule has 33 heavy (non-hydrogen) atoms. The molecular formula is C25H28N4O4. The minimum atomic E-state index is -0.710. The number of amides is 1. The van der Waals surface area contributed by atoms with E-state index in [0.29, 0.717) is 11.6 Å². The number of nitrogens with zero attached hydrogens (tertiary/aromatic N) is 2. The maximum absolute atomic E-state index is 12.5. The maximum Gasteiger partial charge on any atom is 0.320 e. The van der Waals surface area contributed by atoms with Crippen molar-refractivity contribution in [2.45, 2.75) is 45.4 Å². The highest BCUT2D eigenvalue weighted by Crippen LogP contribution is 2.39. The third-order valence-electron chi connectivity index (χ3n) is 6.43. The van der Waals surface area contributed by atoms with E-state index in [0.717, 1.165) is 36.9 Å². The summed E-state index contributed by atoms with van der Waals surface area (Å²) in [4.78, 5) is 23.7. The summed E-state index contributed by atoms with van der Waals surface area (Å²) in [5.74, 6) is -0.941. The number of carbonyl (C=O) groups excluding carboxylic acids is 1. The van der Waals surface area contributed by atoms with Gasteiger partial charge in [-0.05, 0) is 74.3 Å². The van der Waals surface area contributed by atoms with Gasteiger partial charge in [-0.1, -0.05) is 41.9 Å². The SMILES string of the molecule is Cc1ccc(Nc2nnc(C(=O)Nc3ccc(C4CCC(C(C)C(=O)O)CC4)cc3)o2)cc1. The van der Waals surface area contributed by atoms with Crippen molar-refractivity contribution in [3.05, 3.63) is 65.5 Å². The first kappa shape index (κ1) is 22.5. The molecule has 1 heterocycles.